The highest BCUT2D eigenvalue weighted by molar-refractivity contribution is 6.19. The Hall–Kier alpha value is -2.01. The van der Waals surface area contributed by atoms with Gasteiger partial charge in [-0.3, -0.25) is 9.69 Å². The highest BCUT2D eigenvalue weighted by Gasteiger charge is 2.43. The van der Waals surface area contributed by atoms with E-state index in [9.17, 15) is 4.79 Å². The average molecular weight is 289 g/mol. The zero-order valence-electron chi connectivity index (χ0n) is 13.1. The van der Waals surface area contributed by atoms with Crippen molar-refractivity contribution < 1.29 is 9.53 Å². The van der Waals surface area contributed by atoms with Crippen molar-refractivity contribution in [3.8, 4) is 5.75 Å². The number of rotatable bonds is 5. The van der Waals surface area contributed by atoms with Gasteiger partial charge in [0.1, 0.15) is 5.75 Å². The molecule has 114 valence electrons. The second-order valence-electron chi connectivity index (χ2n) is 5.74. The van der Waals surface area contributed by atoms with Gasteiger partial charge in [-0.25, -0.2) is 0 Å². The van der Waals surface area contributed by atoms with Crippen LogP contribution in [0.15, 0.2) is 24.8 Å². The van der Waals surface area contributed by atoms with E-state index in [0.717, 1.165) is 30.0 Å². The Kier molecular flexibility index (Phi) is 3.96. The van der Waals surface area contributed by atoms with Gasteiger partial charge in [-0.1, -0.05) is 6.58 Å². The summed E-state index contributed by atoms with van der Waals surface area (Å²) in [5.41, 5.74) is 7.32. The Morgan fingerprint density at radius 2 is 2.14 bits per heavy atom. The van der Waals surface area contributed by atoms with E-state index in [2.05, 4.69) is 37.4 Å². The first-order valence-electron chi connectivity index (χ1n) is 6.93. The van der Waals surface area contributed by atoms with Crippen LogP contribution in [0.25, 0.3) is 5.57 Å². The van der Waals surface area contributed by atoms with Gasteiger partial charge in [0.2, 0.25) is 5.91 Å². The molecule has 5 heteroatoms. The first-order chi connectivity index (χ1) is 9.81. The Balaban J connectivity index is 2.50. The largest absolute Gasteiger partial charge is 0.497 e. The van der Waals surface area contributed by atoms with E-state index >= 15 is 0 Å². The van der Waals surface area contributed by atoms with Gasteiger partial charge in [0.25, 0.3) is 0 Å². The number of carbonyl (C=O) groups is 1. The van der Waals surface area contributed by atoms with Crippen LogP contribution in [0.1, 0.15) is 18.9 Å². The molecule has 1 fully saturated rings. The molecule has 1 saturated heterocycles. The Labute approximate surface area is 126 Å². The van der Waals surface area contributed by atoms with E-state index in [-0.39, 0.29) is 5.66 Å². The van der Waals surface area contributed by atoms with Gasteiger partial charge in [0, 0.05) is 35.9 Å². The Morgan fingerprint density at radius 1 is 1.48 bits per heavy atom. The van der Waals surface area contributed by atoms with E-state index in [1.165, 1.54) is 0 Å². The SMILES string of the molecule is C=C(C(N)=O)c1ccc(OC)cc1N1CCC1(C)N(C)C. The van der Waals surface area contributed by atoms with E-state index < -0.39 is 5.91 Å². The lowest BCUT2D eigenvalue weighted by molar-refractivity contribution is -0.112. The molecule has 1 aromatic rings. The molecule has 0 aromatic heterocycles. The zero-order valence-corrected chi connectivity index (χ0v) is 13.1. The molecule has 0 spiro atoms. The summed E-state index contributed by atoms with van der Waals surface area (Å²) in [6.07, 6.45) is 1.06. The monoisotopic (exact) mass is 289 g/mol. The molecule has 1 amide bonds. The first-order valence-corrected chi connectivity index (χ1v) is 6.93. The molecule has 5 nitrogen and oxygen atoms in total. The first kappa shape index (κ1) is 15.4. The average Bonchev–Trinajstić information content (AvgIpc) is 2.44. The second-order valence-corrected chi connectivity index (χ2v) is 5.74. The summed E-state index contributed by atoms with van der Waals surface area (Å²) in [5.74, 6) is 0.243. The molecule has 1 aromatic carbocycles. The van der Waals surface area contributed by atoms with Gasteiger partial charge in [-0.15, -0.1) is 0 Å². The fourth-order valence-corrected chi connectivity index (χ4v) is 2.64. The van der Waals surface area contributed by atoms with Crippen LogP contribution in [-0.4, -0.2) is 44.2 Å². The summed E-state index contributed by atoms with van der Waals surface area (Å²) in [6.45, 7) is 6.91. The molecule has 21 heavy (non-hydrogen) atoms. The van der Waals surface area contributed by atoms with Gasteiger partial charge in [-0.05, 0) is 33.2 Å². The van der Waals surface area contributed by atoms with E-state index in [1.54, 1.807) is 7.11 Å². The van der Waals surface area contributed by atoms with Crippen molar-refractivity contribution >= 4 is 17.2 Å². The maximum atomic E-state index is 11.5. The minimum absolute atomic E-state index is 0.0843. The third kappa shape index (κ3) is 2.49. The number of benzene rings is 1. The van der Waals surface area contributed by atoms with Crippen LogP contribution in [0.3, 0.4) is 0 Å². The number of primary amides is 1. The van der Waals surface area contributed by atoms with Crippen LogP contribution in [0, 0.1) is 0 Å². The van der Waals surface area contributed by atoms with Crippen LogP contribution in [0.4, 0.5) is 5.69 Å². The minimum Gasteiger partial charge on any atom is -0.497 e. The third-order valence-corrected chi connectivity index (χ3v) is 4.47. The predicted octanol–water partition coefficient (Wildman–Crippen LogP) is 1.68. The number of ether oxygens (including phenoxy) is 1. The predicted molar refractivity (Wildman–Crippen MR) is 85.3 cm³/mol. The van der Waals surface area contributed by atoms with Crippen LogP contribution < -0.4 is 15.4 Å². The van der Waals surface area contributed by atoms with Crippen LogP contribution in [0.5, 0.6) is 5.75 Å². The number of anilines is 1. The lowest BCUT2D eigenvalue weighted by Gasteiger charge is -2.56. The van der Waals surface area contributed by atoms with Gasteiger partial charge in [0.05, 0.1) is 12.8 Å². The van der Waals surface area contributed by atoms with Crippen molar-refractivity contribution in [2.24, 2.45) is 5.73 Å². The molecule has 1 heterocycles. The highest BCUT2D eigenvalue weighted by atomic mass is 16.5. The number of hydrogen-bond acceptors (Lipinski definition) is 4. The molecule has 0 aliphatic carbocycles. The van der Waals surface area contributed by atoms with E-state index in [4.69, 9.17) is 10.5 Å². The summed E-state index contributed by atoms with van der Waals surface area (Å²) in [6, 6.07) is 5.60. The lowest BCUT2D eigenvalue weighted by atomic mass is 9.91. The highest BCUT2D eigenvalue weighted by Crippen LogP contribution is 2.41. The standard InChI is InChI=1S/C16H23N3O2/c1-11(15(17)20)13-7-6-12(21-5)10-14(13)19-9-8-16(19,2)18(3)4/h6-7,10H,1,8-9H2,2-5H3,(H2,17,20). The smallest absolute Gasteiger partial charge is 0.248 e. The molecular formula is C16H23N3O2. The number of nitrogens with two attached hydrogens (primary N) is 1. The fourth-order valence-electron chi connectivity index (χ4n) is 2.64. The molecule has 2 rings (SSSR count). The quantitative estimate of drug-likeness (QED) is 0.838. The fraction of sp³-hybridized carbons (Fsp3) is 0.438. The summed E-state index contributed by atoms with van der Waals surface area (Å²) in [7, 11) is 5.73. The van der Waals surface area contributed by atoms with Gasteiger partial charge < -0.3 is 15.4 Å². The number of hydrogen-bond donors (Lipinski definition) is 1. The molecular weight excluding hydrogens is 266 g/mol. The zero-order chi connectivity index (χ0) is 15.8. The van der Waals surface area contributed by atoms with Crippen molar-refractivity contribution in [3.05, 3.63) is 30.3 Å². The van der Waals surface area contributed by atoms with Crippen LogP contribution in [0.2, 0.25) is 0 Å². The summed E-state index contributed by atoms with van der Waals surface area (Å²) < 4.78 is 5.31. The number of methoxy groups -OCH3 is 1. The van der Waals surface area contributed by atoms with Crippen LogP contribution in [-0.2, 0) is 4.79 Å². The molecule has 2 N–H and O–H groups in total. The lowest BCUT2D eigenvalue weighted by Crippen LogP contribution is -2.66. The third-order valence-electron chi connectivity index (χ3n) is 4.47. The Morgan fingerprint density at radius 3 is 2.57 bits per heavy atom. The molecule has 0 saturated carbocycles. The molecule has 0 bridgehead atoms. The molecule has 1 unspecified atom stereocenters. The van der Waals surface area contributed by atoms with Crippen molar-refractivity contribution in [2.45, 2.75) is 19.0 Å². The number of amides is 1. The van der Waals surface area contributed by atoms with Crippen molar-refractivity contribution in [1.82, 2.24) is 4.90 Å². The molecule has 1 aliphatic heterocycles. The second kappa shape index (κ2) is 5.41. The van der Waals surface area contributed by atoms with Gasteiger partial charge >= 0.3 is 0 Å². The van der Waals surface area contributed by atoms with E-state index in [1.807, 2.05) is 18.2 Å². The maximum absolute atomic E-state index is 11.5. The molecule has 1 atom stereocenters. The van der Waals surface area contributed by atoms with Crippen molar-refractivity contribution in [2.75, 3.05) is 32.6 Å². The molecule has 0 radical (unpaired) electrons. The van der Waals surface area contributed by atoms with Crippen molar-refractivity contribution in [3.63, 3.8) is 0 Å². The van der Waals surface area contributed by atoms with E-state index in [0.29, 0.717) is 5.57 Å². The molecule has 1 aliphatic rings. The normalized spacial score (nSPS) is 21.1. The van der Waals surface area contributed by atoms with Crippen molar-refractivity contribution in [1.29, 1.82) is 0 Å². The number of nitrogens with zero attached hydrogens (tertiary/aromatic N) is 2. The maximum Gasteiger partial charge on any atom is 0.248 e. The number of carbonyl (C=O) groups excluding carboxylic acids is 1. The topological polar surface area (TPSA) is 58.8 Å². The van der Waals surface area contributed by atoms with Gasteiger partial charge in [0.15, 0.2) is 0 Å². The van der Waals surface area contributed by atoms with Crippen LogP contribution >= 0.6 is 0 Å². The minimum atomic E-state index is -0.506. The summed E-state index contributed by atoms with van der Waals surface area (Å²) in [5, 5.41) is 0. The summed E-state index contributed by atoms with van der Waals surface area (Å²) in [4.78, 5) is 15.9. The van der Waals surface area contributed by atoms with Gasteiger partial charge in [-0.2, -0.15) is 0 Å². The Bertz CT molecular complexity index is 583. The summed E-state index contributed by atoms with van der Waals surface area (Å²) >= 11 is 0.